The lowest BCUT2D eigenvalue weighted by Gasteiger charge is -2.21. The van der Waals surface area contributed by atoms with E-state index in [0.29, 0.717) is 16.8 Å². The van der Waals surface area contributed by atoms with Crippen LogP contribution in [0.3, 0.4) is 0 Å². The normalized spacial score (nSPS) is 15.8. The molecule has 134 valence electrons. The molecule has 0 spiro atoms. The van der Waals surface area contributed by atoms with E-state index in [0.717, 1.165) is 16.9 Å². The molecule has 6 heteroatoms. The van der Waals surface area contributed by atoms with Crippen molar-refractivity contribution < 1.29 is 19.1 Å². The van der Waals surface area contributed by atoms with Crippen LogP contribution in [0, 0.1) is 0 Å². The summed E-state index contributed by atoms with van der Waals surface area (Å²) < 4.78 is 5.13. The van der Waals surface area contributed by atoms with Gasteiger partial charge in [-0.25, -0.2) is 4.79 Å². The summed E-state index contributed by atoms with van der Waals surface area (Å²) in [7, 11) is 0. The van der Waals surface area contributed by atoms with E-state index in [1.54, 1.807) is 30.3 Å². The molecular weight excluding hydrogens is 350 g/mol. The number of hydrogen-bond donors (Lipinski definition) is 1. The van der Waals surface area contributed by atoms with Crippen LogP contribution < -0.4 is 5.32 Å². The molecule has 0 aliphatic carbocycles. The van der Waals surface area contributed by atoms with Crippen LogP contribution in [0.4, 0.5) is 5.69 Å². The molecule has 1 aliphatic heterocycles. The third kappa shape index (κ3) is 3.96. The molecule has 0 bridgehead atoms. The first-order valence-corrected chi connectivity index (χ1v) is 9.26. The highest BCUT2D eigenvalue weighted by Gasteiger charge is 2.24. The van der Waals surface area contributed by atoms with Crippen LogP contribution in [0.1, 0.15) is 40.1 Å². The molecule has 26 heavy (non-hydrogen) atoms. The molecular formula is C20H19NO4S. The largest absolute Gasteiger partial charge is 0.454 e. The van der Waals surface area contributed by atoms with Gasteiger partial charge in [0.15, 0.2) is 12.4 Å². The van der Waals surface area contributed by atoms with Gasteiger partial charge in [0.2, 0.25) is 5.91 Å². The summed E-state index contributed by atoms with van der Waals surface area (Å²) >= 11 is 1.44. The third-order valence-electron chi connectivity index (χ3n) is 4.16. The van der Waals surface area contributed by atoms with Gasteiger partial charge in [-0.3, -0.25) is 9.59 Å². The number of aryl methyl sites for hydroxylation is 1. The molecule has 0 saturated carbocycles. The molecule has 0 fully saturated rings. The molecule has 2 aromatic rings. The second-order valence-corrected chi connectivity index (χ2v) is 7.39. The molecule has 2 aromatic carbocycles. The summed E-state index contributed by atoms with van der Waals surface area (Å²) in [6.07, 6.45) is 0.898. The average Bonchev–Trinajstić information content (AvgIpc) is 2.66. The molecule has 1 heterocycles. The molecule has 1 amide bonds. The van der Waals surface area contributed by atoms with Crippen molar-refractivity contribution in [2.75, 3.05) is 11.9 Å². The number of ether oxygens (including phenoxy) is 1. The SMILES string of the molecule is CCc1ccc(C(=O)COC(=O)c2ccc3c(c2)NC(=O)C(C)S3)cc1. The number of nitrogens with one attached hydrogen (secondary N) is 1. The smallest absolute Gasteiger partial charge is 0.338 e. The number of rotatable bonds is 5. The number of fused-ring (bicyclic) bond motifs is 1. The van der Waals surface area contributed by atoms with Crippen LogP contribution in [0.5, 0.6) is 0 Å². The Morgan fingerprint density at radius 3 is 2.50 bits per heavy atom. The molecule has 0 radical (unpaired) electrons. The van der Waals surface area contributed by atoms with Crippen molar-refractivity contribution >= 4 is 35.1 Å². The first-order chi connectivity index (χ1) is 12.5. The fraction of sp³-hybridized carbons (Fsp3) is 0.250. The fourth-order valence-corrected chi connectivity index (χ4v) is 3.49. The number of Topliss-reactive ketones (excluding diaryl/α,β-unsaturated/α-hetero) is 1. The maximum atomic E-state index is 12.2. The Labute approximate surface area is 156 Å². The summed E-state index contributed by atoms with van der Waals surface area (Å²) in [5.74, 6) is -0.945. The maximum absolute atomic E-state index is 12.2. The lowest BCUT2D eigenvalue weighted by Crippen LogP contribution is -2.26. The van der Waals surface area contributed by atoms with E-state index in [2.05, 4.69) is 5.32 Å². The van der Waals surface area contributed by atoms with Gasteiger partial charge in [-0.15, -0.1) is 11.8 Å². The highest BCUT2D eigenvalue weighted by atomic mass is 32.2. The van der Waals surface area contributed by atoms with Crippen LogP contribution in [-0.2, 0) is 16.0 Å². The Morgan fingerprint density at radius 1 is 1.12 bits per heavy atom. The molecule has 1 N–H and O–H groups in total. The van der Waals surface area contributed by atoms with Crippen molar-refractivity contribution in [3.63, 3.8) is 0 Å². The van der Waals surface area contributed by atoms with Crippen molar-refractivity contribution in [3.8, 4) is 0 Å². The van der Waals surface area contributed by atoms with Crippen LogP contribution in [0.15, 0.2) is 47.4 Å². The van der Waals surface area contributed by atoms with Gasteiger partial charge in [0.25, 0.3) is 0 Å². The Hall–Kier alpha value is -2.60. The summed E-state index contributed by atoms with van der Waals surface area (Å²) in [6.45, 7) is 3.54. The van der Waals surface area contributed by atoms with Crippen molar-refractivity contribution in [1.29, 1.82) is 0 Å². The van der Waals surface area contributed by atoms with Gasteiger partial charge in [0, 0.05) is 10.5 Å². The minimum Gasteiger partial charge on any atom is -0.454 e. The summed E-state index contributed by atoms with van der Waals surface area (Å²) in [5, 5.41) is 2.60. The number of anilines is 1. The minimum absolute atomic E-state index is 0.0984. The average molecular weight is 369 g/mol. The van der Waals surface area contributed by atoms with Gasteiger partial charge in [-0.2, -0.15) is 0 Å². The predicted octanol–water partition coefficient (Wildman–Crippen LogP) is 3.72. The van der Waals surface area contributed by atoms with Gasteiger partial charge in [0.1, 0.15) is 0 Å². The van der Waals surface area contributed by atoms with Gasteiger partial charge >= 0.3 is 5.97 Å². The van der Waals surface area contributed by atoms with Crippen LogP contribution >= 0.6 is 11.8 Å². The highest BCUT2D eigenvalue weighted by Crippen LogP contribution is 2.36. The summed E-state index contributed by atoms with van der Waals surface area (Å²) in [5.41, 5.74) is 2.54. The number of carbonyl (C=O) groups is 3. The molecule has 0 saturated heterocycles. The van der Waals surface area contributed by atoms with Crippen LogP contribution in [-0.4, -0.2) is 29.5 Å². The number of carbonyl (C=O) groups excluding carboxylic acids is 3. The topological polar surface area (TPSA) is 72.5 Å². The zero-order valence-electron chi connectivity index (χ0n) is 14.6. The quantitative estimate of drug-likeness (QED) is 0.642. The second kappa shape index (κ2) is 7.74. The lowest BCUT2D eigenvalue weighted by molar-refractivity contribution is -0.115. The highest BCUT2D eigenvalue weighted by molar-refractivity contribution is 8.00. The molecule has 3 rings (SSSR count). The van der Waals surface area contributed by atoms with Crippen molar-refractivity contribution in [2.24, 2.45) is 0 Å². The Balaban J connectivity index is 1.64. The van der Waals surface area contributed by atoms with Crippen molar-refractivity contribution in [3.05, 3.63) is 59.2 Å². The van der Waals surface area contributed by atoms with E-state index in [-0.39, 0.29) is 23.5 Å². The van der Waals surface area contributed by atoms with Crippen molar-refractivity contribution in [2.45, 2.75) is 30.4 Å². The third-order valence-corrected chi connectivity index (χ3v) is 5.34. The summed E-state index contributed by atoms with van der Waals surface area (Å²) in [4.78, 5) is 37.0. The minimum atomic E-state index is -0.593. The monoisotopic (exact) mass is 369 g/mol. The standard InChI is InChI=1S/C20H19NO4S/c1-3-13-4-6-14(7-5-13)17(22)11-25-20(24)15-8-9-18-16(10-15)21-19(23)12(2)26-18/h4-10,12H,3,11H2,1-2H3,(H,21,23). The van der Waals surface area contributed by atoms with Gasteiger partial charge in [-0.05, 0) is 37.1 Å². The zero-order chi connectivity index (χ0) is 18.7. The lowest BCUT2D eigenvalue weighted by atomic mass is 10.1. The zero-order valence-corrected chi connectivity index (χ0v) is 15.4. The fourth-order valence-electron chi connectivity index (χ4n) is 2.56. The van der Waals surface area contributed by atoms with Gasteiger partial charge in [-0.1, -0.05) is 31.2 Å². The summed E-state index contributed by atoms with van der Waals surface area (Å²) in [6, 6.07) is 12.2. The van der Waals surface area contributed by atoms with E-state index in [1.807, 2.05) is 26.0 Å². The molecule has 0 aromatic heterocycles. The number of esters is 1. The van der Waals surface area contributed by atoms with E-state index < -0.39 is 5.97 Å². The number of benzene rings is 2. The van der Waals surface area contributed by atoms with Crippen LogP contribution in [0.25, 0.3) is 0 Å². The molecule has 1 aliphatic rings. The van der Waals surface area contributed by atoms with E-state index in [4.69, 9.17) is 4.74 Å². The van der Waals surface area contributed by atoms with Gasteiger partial charge in [0.05, 0.1) is 16.5 Å². The van der Waals surface area contributed by atoms with Gasteiger partial charge < -0.3 is 10.1 Å². The molecule has 5 nitrogen and oxygen atoms in total. The Bertz CT molecular complexity index is 861. The number of ketones is 1. The number of thioether (sulfide) groups is 1. The second-order valence-electron chi connectivity index (χ2n) is 6.01. The van der Waals surface area contributed by atoms with E-state index >= 15 is 0 Å². The maximum Gasteiger partial charge on any atom is 0.338 e. The molecule has 1 atom stereocenters. The van der Waals surface area contributed by atoms with Crippen LogP contribution in [0.2, 0.25) is 0 Å². The van der Waals surface area contributed by atoms with Crippen molar-refractivity contribution in [1.82, 2.24) is 0 Å². The molecule has 1 unspecified atom stereocenters. The number of amides is 1. The van der Waals surface area contributed by atoms with E-state index in [1.165, 1.54) is 11.8 Å². The first kappa shape index (κ1) is 18.2. The Kier molecular flexibility index (Phi) is 5.42. The first-order valence-electron chi connectivity index (χ1n) is 8.38. The Morgan fingerprint density at radius 2 is 1.81 bits per heavy atom. The number of hydrogen-bond acceptors (Lipinski definition) is 5. The van der Waals surface area contributed by atoms with E-state index in [9.17, 15) is 14.4 Å². The predicted molar refractivity (Wildman–Crippen MR) is 101 cm³/mol.